The number of carbonyl (C=O) groups is 4. The van der Waals surface area contributed by atoms with Gasteiger partial charge in [0.25, 0.3) is 0 Å². The monoisotopic (exact) mass is 471 g/mol. The minimum absolute atomic E-state index is 0.0172. The van der Waals surface area contributed by atoms with Crippen LogP contribution in [0.15, 0.2) is 11.0 Å². The number of benzene rings is 1. The molecule has 2 amide bonds. The van der Waals surface area contributed by atoms with Crippen molar-refractivity contribution in [2.24, 2.45) is 5.73 Å². The highest BCUT2D eigenvalue weighted by Crippen LogP contribution is 2.43. The number of rotatable bonds is 12. The fraction of sp³-hybridized carbons (Fsp3) is 0.500. The van der Waals surface area contributed by atoms with E-state index >= 15 is 0 Å². The van der Waals surface area contributed by atoms with Gasteiger partial charge in [-0.25, -0.2) is 0 Å². The van der Waals surface area contributed by atoms with E-state index in [1.54, 1.807) is 6.92 Å². The van der Waals surface area contributed by atoms with E-state index in [-0.39, 0.29) is 36.0 Å². The fourth-order valence-corrected chi connectivity index (χ4v) is 4.15. The summed E-state index contributed by atoms with van der Waals surface area (Å²) in [6, 6.07) is -0.996. The lowest BCUT2D eigenvalue weighted by Gasteiger charge is -2.21. The molecule has 0 saturated carbocycles. The molecule has 0 spiro atoms. The van der Waals surface area contributed by atoms with E-state index in [4.69, 9.17) is 15.9 Å². The number of aryl methyl sites for hydroxylation is 1. The van der Waals surface area contributed by atoms with Crippen molar-refractivity contribution in [3.05, 3.63) is 17.2 Å². The predicted molar refractivity (Wildman–Crippen MR) is 117 cm³/mol. The second kappa shape index (κ2) is 12.2. The van der Waals surface area contributed by atoms with Crippen molar-refractivity contribution in [2.75, 3.05) is 12.3 Å². The second-order valence-electron chi connectivity index (χ2n) is 7.48. The van der Waals surface area contributed by atoms with Gasteiger partial charge in [0, 0.05) is 17.7 Å². The molecular formula is C20H29N3O8S. The predicted octanol–water partition coefficient (Wildman–Crippen LogP) is 0.499. The molecule has 11 nitrogen and oxygen atoms in total. The summed E-state index contributed by atoms with van der Waals surface area (Å²) in [6.45, 7) is 4.58. The Balaban J connectivity index is 3.04. The zero-order valence-corrected chi connectivity index (χ0v) is 18.9. The number of carbonyl (C=O) groups excluding carboxylic acids is 2. The van der Waals surface area contributed by atoms with Gasteiger partial charge in [0.2, 0.25) is 11.8 Å². The Morgan fingerprint density at radius 3 is 2.31 bits per heavy atom. The van der Waals surface area contributed by atoms with Gasteiger partial charge in [-0.05, 0) is 30.9 Å². The molecule has 8 N–H and O–H groups in total. The minimum atomic E-state index is -1.27. The summed E-state index contributed by atoms with van der Waals surface area (Å²) in [7, 11) is 0. The van der Waals surface area contributed by atoms with Gasteiger partial charge in [-0.15, -0.1) is 11.8 Å². The molecule has 1 aromatic rings. The van der Waals surface area contributed by atoms with Crippen molar-refractivity contribution in [3.8, 4) is 11.5 Å². The maximum absolute atomic E-state index is 12.5. The van der Waals surface area contributed by atoms with Crippen LogP contribution in [0.4, 0.5) is 0 Å². The highest BCUT2D eigenvalue weighted by atomic mass is 32.2. The zero-order chi connectivity index (χ0) is 24.6. The Morgan fingerprint density at radius 2 is 1.78 bits per heavy atom. The number of thioether (sulfide) groups is 1. The normalized spacial score (nSPS) is 12.8. The third-order valence-corrected chi connectivity index (χ3v) is 5.70. The Morgan fingerprint density at radius 1 is 1.16 bits per heavy atom. The van der Waals surface area contributed by atoms with Crippen molar-refractivity contribution in [2.45, 2.75) is 56.5 Å². The molecule has 0 aliphatic heterocycles. The van der Waals surface area contributed by atoms with Crippen LogP contribution in [0, 0.1) is 6.92 Å². The third-order valence-electron chi connectivity index (χ3n) is 4.50. The first-order valence-corrected chi connectivity index (χ1v) is 10.8. The Hall–Kier alpha value is -2.99. The molecule has 1 aromatic carbocycles. The first-order valence-electron chi connectivity index (χ1n) is 9.80. The van der Waals surface area contributed by atoms with E-state index in [1.165, 1.54) is 6.07 Å². The van der Waals surface area contributed by atoms with E-state index in [9.17, 15) is 29.4 Å². The summed E-state index contributed by atoms with van der Waals surface area (Å²) in [5, 5.41) is 43.0. The molecule has 12 heteroatoms. The molecule has 0 radical (unpaired) electrons. The number of nitrogens with two attached hydrogens (primary N) is 1. The number of phenols is 2. The number of aromatic hydroxyl groups is 2. The van der Waals surface area contributed by atoms with Crippen LogP contribution in [0.5, 0.6) is 11.5 Å². The van der Waals surface area contributed by atoms with Crippen LogP contribution < -0.4 is 16.4 Å². The number of aliphatic carboxylic acids is 2. The lowest BCUT2D eigenvalue weighted by atomic mass is 9.99. The minimum Gasteiger partial charge on any atom is -0.508 e. The van der Waals surface area contributed by atoms with Crippen LogP contribution in [-0.2, 0) is 19.2 Å². The molecule has 2 unspecified atom stereocenters. The van der Waals surface area contributed by atoms with Crippen LogP contribution >= 0.6 is 11.8 Å². The first kappa shape index (κ1) is 27.0. The van der Waals surface area contributed by atoms with Gasteiger partial charge in [-0.1, -0.05) is 13.8 Å². The summed E-state index contributed by atoms with van der Waals surface area (Å²) < 4.78 is 0. The average Bonchev–Trinajstić information content (AvgIpc) is 2.69. The smallest absolute Gasteiger partial charge is 0.322 e. The first-order chi connectivity index (χ1) is 14.8. The van der Waals surface area contributed by atoms with Crippen LogP contribution in [0.2, 0.25) is 0 Å². The van der Waals surface area contributed by atoms with Crippen molar-refractivity contribution in [1.82, 2.24) is 10.6 Å². The van der Waals surface area contributed by atoms with Crippen LogP contribution in [0.1, 0.15) is 43.7 Å². The molecule has 0 heterocycles. The summed E-state index contributed by atoms with van der Waals surface area (Å²) >= 11 is 1.02. The molecule has 1 rings (SSSR count). The molecule has 0 aliphatic carbocycles. The summed E-state index contributed by atoms with van der Waals surface area (Å²) in [4.78, 5) is 46.6. The molecule has 32 heavy (non-hydrogen) atoms. The molecule has 0 fully saturated rings. The van der Waals surface area contributed by atoms with Crippen LogP contribution in [-0.4, -0.2) is 68.6 Å². The van der Waals surface area contributed by atoms with Gasteiger partial charge in [-0.3, -0.25) is 19.2 Å². The van der Waals surface area contributed by atoms with Crippen LogP contribution in [0.25, 0.3) is 0 Å². The quantitative estimate of drug-likeness (QED) is 0.166. The maximum atomic E-state index is 12.5. The molecule has 0 aliphatic rings. The summed E-state index contributed by atoms with van der Waals surface area (Å²) in [5.74, 6) is -4.27. The maximum Gasteiger partial charge on any atom is 0.322 e. The van der Waals surface area contributed by atoms with Gasteiger partial charge < -0.3 is 36.8 Å². The van der Waals surface area contributed by atoms with Crippen molar-refractivity contribution in [1.29, 1.82) is 0 Å². The van der Waals surface area contributed by atoms with Gasteiger partial charge >= 0.3 is 11.9 Å². The number of nitrogens with one attached hydrogen (secondary N) is 2. The standard InChI is InChI=1S/C20H29N3O8S/c1-9(2)16-13(24)6-10(3)17(28)18(16)32-8-12(19(29)22-7-15(26)27)23-14(25)5-4-11(21)20(30)31/h6,9,11-12,24,28H,4-5,7-8,21H2,1-3H3,(H,22,29)(H,23,25)(H,26,27)(H,30,31). The molecular weight excluding hydrogens is 442 g/mol. The number of hydrogen-bond acceptors (Lipinski definition) is 8. The fourth-order valence-electron chi connectivity index (χ4n) is 2.79. The van der Waals surface area contributed by atoms with Crippen LogP contribution in [0.3, 0.4) is 0 Å². The van der Waals surface area contributed by atoms with E-state index in [2.05, 4.69) is 10.6 Å². The molecule has 2 atom stereocenters. The van der Waals surface area contributed by atoms with E-state index in [0.717, 1.165) is 11.8 Å². The van der Waals surface area contributed by atoms with Gasteiger partial charge in [0.15, 0.2) is 0 Å². The summed E-state index contributed by atoms with van der Waals surface area (Å²) in [6.07, 6.45) is -0.406. The second-order valence-corrected chi connectivity index (χ2v) is 8.52. The molecule has 178 valence electrons. The largest absolute Gasteiger partial charge is 0.508 e. The van der Waals surface area contributed by atoms with Crippen molar-refractivity contribution < 1.29 is 39.6 Å². The van der Waals surface area contributed by atoms with E-state index in [0.29, 0.717) is 16.0 Å². The Kier molecular flexibility index (Phi) is 10.3. The van der Waals surface area contributed by atoms with E-state index < -0.39 is 42.4 Å². The van der Waals surface area contributed by atoms with Crippen molar-refractivity contribution in [3.63, 3.8) is 0 Å². The highest BCUT2D eigenvalue weighted by molar-refractivity contribution is 7.99. The highest BCUT2D eigenvalue weighted by Gasteiger charge is 2.25. The lowest BCUT2D eigenvalue weighted by Crippen LogP contribution is -2.49. The Labute approximate surface area is 189 Å². The molecule has 0 aromatic heterocycles. The molecule has 0 bridgehead atoms. The topological polar surface area (TPSA) is 199 Å². The third kappa shape index (κ3) is 7.93. The number of hydrogen-bond donors (Lipinski definition) is 7. The zero-order valence-electron chi connectivity index (χ0n) is 18.0. The van der Waals surface area contributed by atoms with Crippen molar-refractivity contribution >= 4 is 35.5 Å². The number of carboxylic acids is 2. The average molecular weight is 472 g/mol. The Bertz CT molecular complexity index is 875. The number of amides is 2. The SMILES string of the molecule is Cc1cc(O)c(C(C)C)c(SCC(NC(=O)CCC(N)C(=O)O)C(=O)NCC(=O)O)c1O. The van der Waals surface area contributed by atoms with E-state index in [1.807, 2.05) is 13.8 Å². The number of phenolic OH excluding ortho intramolecular Hbond substituents is 2. The lowest BCUT2D eigenvalue weighted by molar-refractivity contribution is -0.139. The number of carboxylic acid groups (broad SMARTS) is 2. The van der Waals surface area contributed by atoms with Gasteiger partial charge in [-0.2, -0.15) is 0 Å². The van der Waals surface area contributed by atoms with Gasteiger partial charge in [0.1, 0.15) is 30.1 Å². The van der Waals surface area contributed by atoms with Gasteiger partial charge in [0.05, 0.1) is 4.90 Å². The summed E-state index contributed by atoms with van der Waals surface area (Å²) in [5.41, 5.74) is 6.28. The molecule has 0 saturated heterocycles.